The van der Waals surface area contributed by atoms with Crippen molar-refractivity contribution in [1.29, 1.82) is 0 Å². The molecule has 1 aliphatic heterocycles. The van der Waals surface area contributed by atoms with Gasteiger partial charge in [0.2, 0.25) is 0 Å². The predicted octanol–water partition coefficient (Wildman–Crippen LogP) is 5.23. The zero-order valence-electron chi connectivity index (χ0n) is 22.3. The van der Waals surface area contributed by atoms with Crippen LogP contribution in [0.3, 0.4) is 0 Å². The molecule has 2 aromatic carbocycles. The maximum absolute atomic E-state index is 13.9. The third-order valence-corrected chi connectivity index (χ3v) is 6.64. The first kappa shape index (κ1) is 30.2. The average Bonchev–Trinajstić information content (AvgIpc) is 2.88. The molecule has 0 radical (unpaired) electrons. The van der Waals surface area contributed by atoms with Crippen LogP contribution in [0.4, 0.5) is 33.7 Å². The number of carbonyl (C=O) groups is 2. The highest BCUT2D eigenvalue weighted by Gasteiger charge is 2.32. The first-order valence-electron chi connectivity index (χ1n) is 12.6. The Morgan fingerprint density at radius 3 is 2.51 bits per heavy atom. The van der Waals surface area contributed by atoms with Crippen LogP contribution in [0.15, 0.2) is 42.5 Å². The molecule has 0 aliphatic carbocycles. The fraction of sp³-hybridized carbons (Fsp3) is 0.481. The highest BCUT2D eigenvalue weighted by Crippen LogP contribution is 2.27. The SMILES string of the molecule is CO[C@@H]1CN(C)C(=O)c2cc(NC(=O)Nc3ccccc3F)ccc2OC[C@H](C)N(CCC(F)(F)F)C[C@H]1C. The summed E-state index contributed by atoms with van der Waals surface area (Å²) in [6.07, 6.45) is -5.69. The van der Waals surface area contributed by atoms with E-state index in [2.05, 4.69) is 10.6 Å². The second-order valence-corrected chi connectivity index (χ2v) is 9.73. The van der Waals surface area contributed by atoms with Crippen LogP contribution < -0.4 is 15.4 Å². The van der Waals surface area contributed by atoms with Crippen molar-refractivity contribution in [3.8, 4) is 5.75 Å². The van der Waals surface area contributed by atoms with Crippen LogP contribution in [-0.2, 0) is 4.74 Å². The summed E-state index contributed by atoms with van der Waals surface area (Å²) < 4.78 is 64.5. The smallest absolute Gasteiger partial charge is 0.390 e. The lowest BCUT2D eigenvalue weighted by Crippen LogP contribution is -2.47. The van der Waals surface area contributed by atoms with E-state index < -0.39 is 36.6 Å². The van der Waals surface area contributed by atoms with Gasteiger partial charge in [-0.3, -0.25) is 9.69 Å². The number of amides is 3. The van der Waals surface area contributed by atoms with E-state index >= 15 is 0 Å². The van der Waals surface area contributed by atoms with E-state index in [1.165, 1.54) is 48.4 Å². The lowest BCUT2D eigenvalue weighted by molar-refractivity contribution is -0.140. The lowest BCUT2D eigenvalue weighted by Gasteiger charge is -2.36. The minimum atomic E-state index is -4.30. The van der Waals surface area contributed by atoms with Gasteiger partial charge in [-0.2, -0.15) is 13.2 Å². The number of likely N-dealkylation sites (N-methyl/N-ethyl adjacent to an activating group) is 1. The first-order valence-corrected chi connectivity index (χ1v) is 12.6. The molecule has 0 aromatic heterocycles. The molecule has 2 N–H and O–H groups in total. The van der Waals surface area contributed by atoms with Crippen LogP contribution in [0.25, 0.3) is 0 Å². The van der Waals surface area contributed by atoms with Gasteiger partial charge in [-0.1, -0.05) is 19.1 Å². The van der Waals surface area contributed by atoms with Crippen molar-refractivity contribution < 1.29 is 36.6 Å². The van der Waals surface area contributed by atoms with Crippen molar-refractivity contribution in [2.45, 2.75) is 38.6 Å². The molecule has 1 aliphatic rings. The molecule has 214 valence electrons. The average molecular weight is 555 g/mol. The number of ether oxygens (including phenoxy) is 2. The molecule has 0 saturated carbocycles. The standard InChI is InChI=1S/C27H34F4N4O4/c1-17-14-35(12-11-27(29,30)31)18(2)16-39-23-10-9-19(13-20(23)25(36)34(3)15-24(17)38-4)32-26(37)33-22-8-6-5-7-21(22)28/h5-10,13,17-18,24H,11-12,14-16H2,1-4H3,(H2,32,33,37)/t17-,18+,24-/m1/s1. The summed E-state index contributed by atoms with van der Waals surface area (Å²) in [5, 5.41) is 4.99. The number of halogens is 4. The summed E-state index contributed by atoms with van der Waals surface area (Å²) in [4.78, 5) is 29.1. The molecular weight excluding hydrogens is 520 g/mol. The number of benzene rings is 2. The van der Waals surface area contributed by atoms with Crippen LogP contribution in [0, 0.1) is 11.7 Å². The molecule has 0 spiro atoms. The Labute approximate surface area is 225 Å². The largest absolute Gasteiger partial charge is 0.491 e. The van der Waals surface area contributed by atoms with E-state index in [1.54, 1.807) is 24.9 Å². The van der Waals surface area contributed by atoms with E-state index in [4.69, 9.17) is 9.47 Å². The van der Waals surface area contributed by atoms with Crippen molar-refractivity contribution in [2.24, 2.45) is 5.92 Å². The highest BCUT2D eigenvalue weighted by atomic mass is 19.4. The van der Waals surface area contributed by atoms with Crippen LogP contribution in [0.2, 0.25) is 0 Å². The van der Waals surface area contributed by atoms with Crippen molar-refractivity contribution >= 4 is 23.3 Å². The maximum atomic E-state index is 13.9. The molecule has 0 saturated heterocycles. The van der Waals surface area contributed by atoms with Gasteiger partial charge in [0, 0.05) is 45.5 Å². The number of anilines is 2. The van der Waals surface area contributed by atoms with Gasteiger partial charge in [0.25, 0.3) is 5.91 Å². The number of methoxy groups -OCH3 is 1. The predicted molar refractivity (Wildman–Crippen MR) is 140 cm³/mol. The zero-order chi connectivity index (χ0) is 28.7. The number of carbonyl (C=O) groups excluding carboxylic acids is 2. The fourth-order valence-electron chi connectivity index (χ4n) is 4.36. The van der Waals surface area contributed by atoms with Gasteiger partial charge >= 0.3 is 12.2 Å². The minimum Gasteiger partial charge on any atom is -0.491 e. The molecule has 3 rings (SSSR count). The van der Waals surface area contributed by atoms with Crippen LogP contribution in [-0.4, -0.2) is 80.5 Å². The van der Waals surface area contributed by atoms with Crippen LogP contribution in [0.1, 0.15) is 30.6 Å². The molecule has 3 amide bonds. The summed E-state index contributed by atoms with van der Waals surface area (Å²) in [6, 6.07) is 9.06. The normalized spacial score (nSPS) is 21.3. The van der Waals surface area contributed by atoms with Crippen molar-refractivity contribution in [3.05, 3.63) is 53.8 Å². The number of rotatable bonds is 5. The Hall–Kier alpha value is -3.38. The van der Waals surface area contributed by atoms with E-state index in [0.29, 0.717) is 6.54 Å². The number of nitrogens with one attached hydrogen (secondary N) is 2. The van der Waals surface area contributed by atoms with Crippen LogP contribution >= 0.6 is 0 Å². The number of nitrogens with zero attached hydrogens (tertiary/aromatic N) is 2. The number of hydrogen-bond donors (Lipinski definition) is 2. The molecule has 8 nitrogen and oxygen atoms in total. The van der Waals surface area contributed by atoms with Gasteiger partial charge in [0.15, 0.2) is 0 Å². The molecule has 12 heteroatoms. The number of fused-ring (bicyclic) bond motifs is 1. The van der Waals surface area contributed by atoms with Gasteiger partial charge < -0.3 is 25.0 Å². The Bertz CT molecular complexity index is 1150. The molecule has 39 heavy (non-hydrogen) atoms. The van der Waals surface area contributed by atoms with Gasteiger partial charge in [0.1, 0.15) is 18.2 Å². The zero-order valence-corrected chi connectivity index (χ0v) is 22.3. The van der Waals surface area contributed by atoms with Gasteiger partial charge in [0.05, 0.1) is 23.8 Å². The fourth-order valence-corrected chi connectivity index (χ4v) is 4.36. The van der Waals surface area contributed by atoms with Crippen molar-refractivity contribution in [3.63, 3.8) is 0 Å². The van der Waals surface area contributed by atoms with Crippen molar-refractivity contribution in [1.82, 2.24) is 9.80 Å². The molecule has 0 bridgehead atoms. The summed E-state index contributed by atoms with van der Waals surface area (Å²) in [6.45, 7) is 3.99. The van der Waals surface area contributed by atoms with Gasteiger partial charge in [-0.05, 0) is 43.2 Å². The van der Waals surface area contributed by atoms with Crippen molar-refractivity contribution in [2.75, 3.05) is 51.0 Å². The first-order chi connectivity index (χ1) is 18.4. The van der Waals surface area contributed by atoms with Gasteiger partial charge in [-0.25, -0.2) is 9.18 Å². The van der Waals surface area contributed by atoms with Gasteiger partial charge in [-0.15, -0.1) is 0 Å². The molecule has 2 aromatic rings. The molecule has 3 atom stereocenters. The quantitative estimate of drug-likeness (QED) is 0.495. The number of para-hydroxylation sites is 1. The molecule has 0 fully saturated rings. The van der Waals surface area contributed by atoms with E-state index in [-0.39, 0.29) is 54.2 Å². The second kappa shape index (κ2) is 13.1. The molecular formula is C27H34F4N4O4. The molecule has 1 heterocycles. The topological polar surface area (TPSA) is 83.1 Å². The van der Waals surface area contributed by atoms with E-state index in [9.17, 15) is 27.2 Å². The highest BCUT2D eigenvalue weighted by molar-refractivity contribution is 6.02. The Kier molecular flexibility index (Phi) is 10.1. The number of alkyl halides is 3. The lowest BCUT2D eigenvalue weighted by atomic mass is 10.0. The minimum absolute atomic E-state index is 0.00997. The number of hydrogen-bond acceptors (Lipinski definition) is 5. The Balaban J connectivity index is 1.86. The third-order valence-electron chi connectivity index (χ3n) is 6.64. The third kappa shape index (κ3) is 8.56. The Morgan fingerprint density at radius 1 is 1.13 bits per heavy atom. The summed E-state index contributed by atoms with van der Waals surface area (Å²) >= 11 is 0. The monoisotopic (exact) mass is 554 g/mol. The summed E-state index contributed by atoms with van der Waals surface area (Å²) in [7, 11) is 3.09. The Morgan fingerprint density at radius 2 is 1.85 bits per heavy atom. The number of urea groups is 1. The second-order valence-electron chi connectivity index (χ2n) is 9.73. The van der Waals surface area contributed by atoms with Crippen LogP contribution in [0.5, 0.6) is 5.75 Å². The molecule has 0 unspecified atom stereocenters. The van der Waals surface area contributed by atoms with E-state index in [0.717, 1.165) is 0 Å². The summed E-state index contributed by atoms with van der Waals surface area (Å²) in [5.74, 6) is -0.956. The maximum Gasteiger partial charge on any atom is 0.390 e. The van der Waals surface area contributed by atoms with E-state index in [1.807, 2.05) is 6.92 Å². The summed E-state index contributed by atoms with van der Waals surface area (Å²) in [5.41, 5.74) is 0.402.